The Balaban J connectivity index is 1.91. The fourth-order valence-corrected chi connectivity index (χ4v) is 3.12. The Kier molecular flexibility index (Phi) is 3.26. The van der Waals surface area contributed by atoms with Gasteiger partial charge in [0.25, 0.3) is 5.91 Å². The van der Waals surface area contributed by atoms with Gasteiger partial charge in [0.1, 0.15) is 5.58 Å². The van der Waals surface area contributed by atoms with Crippen molar-refractivity contribution in [1.82, 2.24) is 5.32 Å². The van der Waals surface area contributed by atoms with Crippen LogP contribution in [-0.2, 0) is 0 Å². The van der Waals surface area contributed by atoms with Gasteiger partial charge in [-0.2, -0.15) is 0 Å². The van der Waals surface area contributed by atoms with Gasteiger partial charge in [0, 0.05) is 17.5 Å². The third-order valence-corrected chi connectivity index (χ3v) is 4.38. The maximum atomic E-state index is 12.5. The minimum atomic E-state index is -0.248. The van der Waals surface area contributed by atoms with Crippen molar-refractivity contribution in [3.05, 3.63) is 35.6 Å². The highest BCUT2D eigenvalue weighted by Gasteiger charge is 2.35. The van der Waals surface area contributed by atoms with Crippen LogP contribution < -0.4 is 11.1 Å². The number of furan rings is 1. The molecule has 0 radical (unpaired) electrons. The predicted octanol–water partition coefficient (Wildman–Crippen LogP) is 2.74. The molecule has 106 valence electrons. The Morgan fingerprint density at radius 3 is 2.70 bits per heavy atom. The monoisotopic (exact) mass is 272 g/mol. The number of carbonyl (C=O) groups is 1. The third-order valence-electron chi connectivity index (χ3n) is 4.38. The lowest BCUT2D eigenvalue weighted by Crippen LogP contribution is -2.51. The van der Waals surface area contributed by atoms with E-state index < -0.39 is 0 Å². The molecule has 2 aromatic rings. The molecule has 4 heteroatoms. The summed E-state index contributed by atoms with van der Waals surface area (Å²) in [5, 5.41) is 4.09. The third kappa shape index (κ3) is 2.10. The predicted molar refractivity (Wildman–Crippen MR) is 78.7 cm³/mol. The molecule has 0 unspecified atom stereocenters. The van der Waals surface area contributed by atoms with Gasteiger partial charge in [-0.1, -0.05) is 31.0 Å². The summed E-state index contributed by atoms with van der Waals surface area (Å²) >= 11 is 0. The van der Waals surface area contributed by atoms with Crippen LogP contribution in [0.2, 0.25) is 0 Å². The van der Waals surface area contributed by atoms with Crippen molar-refractivity contribution in [1.29, 1.82) is 0 Å². The fraction of sp³-hybridized carbons (Fsp3) is 0.438. The number of rotatable bonds is 3. The van der Waals surface area contributed by atoms with Crippen LogP contribution >= 0.6 is 0 Å². The first-order valence-corrected chi connectivity index (χ1v) is 7.16. The summed E-state index contributed by atoms with van der Waals surface area (Å²) in [6.07, 6.45) is 4.15. The van der Waals surface area contributed by atoms with Crippen LogP contribution in [0.1, 0.15) is 41.8 Å². The van der Waals surface area contributed by atoms with E-state index in [1.165, 1.54) is 0 Å². The van der Waals surface area contributed by atoms with E-state index in [1.54, 1.807) is 0 Å². The molecule has 0 atom stereocenters. The zero-order valence-corrected chi connectivity index (χ0v) is 11.7. The number of para-hydroxylation sites is 1. The molecule has 1 heterocycles. The first-order chi connectivity index (χ1) is 9.65. The number of nitrogens with two attached hydrogens (primary N) is 1. The molecule has 0 spiro atoms. The molecular weight excluding hydrogens is 252 g/mol. The topological polar surface area (TPSA) is 68.3 Å². The lowest BCUT2D eigenvalue weighted by Gasteiger charge is -2.28. The van der Waals surface area contributed by atoms with Crippen molar-refractivity contribution in [3.8, 4) is 0 Å². The number of carbonyl (C=O) groups excluding carboxylic acids is 1. The molecule has 1 fully saturated rings. The van der Waals surface area contributed by atoms with Crippen LogP contribution in [0, 0.1) is 6.92 Å². The normalized spacial score (nSPS) is 17.5. The van der Waals surface area contributed by atoms with Crippen LogP contribution in [0.5, 0.6) is 0 Å². The summed E-state index contributed by atoms with van der Waals surface area (Å²) in [4.78, 5) is 12.5. The van der Waals surface area contributed by atoms with Gasteiger partial charge < -0.3 is 15.5 Å². The standard InChI is InChI=1S/C16H20N2O2/c1-11-12-6-2-3-7-13(12)20-14(11)15(19)18-16(10-17)8-4-5-9-16/h2-3,6-7H,4-5,8-10,17H2,1H3,(H,18,19). The number of nitrogens with one attached hydrogen (secondary N) is 1. The van der Waals surface area contributed by atoms with Gasteiger partial charge in [0.15, 0.2) is 5.76 Å². The quantitative estimate of drug-likeness (QED) is 0.902. The second-order valence-electron chi connectivity index (χ2n) is 5.70. The molecule has 0 aliphatic heterocycles. The van der Waals surface area contributed by atoms with E-state index in [0.717, 1.165) is 42.2 Å². The Labute approximate surface area is 118 Å². The molecule has 3 N–H and O–H groups in total. The summed E-state index contributed by atoms with van der Waals surface area (Å²) in [5.41, 5.74) is 7.26. The van der Waals surface area contributed by atoms with Gasteiger partial charge in [0.05, 0.1) is 5.54 Å². The Morgan fingerprint density at radius 2 is 2.05 bits per heavy atom. The first-order valence-electron chi connectivity index (χ1n) is 7.16. The van der Waals surface area contributed by atoms with Crippen LogP contribution in [0.3, 0.4) is 0 Å². The zero-order valence-electron chi connectivity index (χ0n) is 11.7. The number of fused-ring (bicyclic) bond motifs is 1. The van der Waals surface area contributed by atoms with E-state index in [-0.39, 0.29) is 11.4 Å². The van der Waals surface area contributed by atoms with Crippen molar-refractivity contribution in [2.45, 2.75) is 38.1 Å². The molecule has 0 bridgehead atoms. The smallest absolute Gasteiger partial charge is 0.287 e. The molecule has 1 amide bonds. The fourth-order valence-electron chi connectivity index (χ4n) is 3.12. The molecule has 1 saturated carbocycles. The molecule has 20 heavy (non-hydrogen) atoms. The molecule has 1 aromatic carbocycles. The second kappa shape index (κ2) is 4.94. The highest BCUT2D eigenvalue weighted by molar-refractivity contribution is 5.99. The molecule has 1 aromatic heterocycles. The van der Waals surface area contributed by atoms with Crippen molar-refractivity contribution < 1.29 is 9.21 Å². The van der Waals surface area contributed by atoms with Gasteiger partial charge in [-0.05, 0) is 25.8 Å². The number of benzene rings is 1. The van der Waals surface area contributed by atoms with Crippen LogP contribution in [0.25, 0.3) is 11.0 Å². The number of hydrogen-bond acceptors (Lipinski definition) is 3. The summed E-state index contributed by atoms with van der Waals surface area (Å²) in [7, 11) is 0. The van der Waals surface area contributed by atoms with Crippen LogP contribution in [0.15, 0.2) is 28.7 Å². The average molecular weight is 272 g/mol. The van der Waals surface area contributed by atoms with Gasteiger partial charge in [-0.3, -0.25) is 4.79 Å². The van der Waals surface area contributed by atoms with E-state index >= 15 is 0 Å². The SMILES string of the molecule is Cc1c(C(=O)NC2(CN)CCCC2)oc2ccccc12. The molecule has 3 rings (SSSR count). The second-order valence-corrected chi connectivity index (χ2v) is 5.70. The van der Waals surface area contributed by atoms with E-state index in [2.05, 4.69) is 5.32 Å². The largest absolute Gasteiger partial charge is 0.451 e. The highest BCUT2D eigenvalue weighted by Crippen LogP contribution is 2.30. The van der Waals surface area contributed by atoms with Gasteiger partial charge in [-0.15, -0.1) is 0 Å². The van der Waals surface area contributed by atoms with Crippen molar-refractivity contribution in [2.75, 3.05) is 6.54 Å². The maximum absolute atomic E-state index is 12.5. The van der Waals surface area contributed by atoms with E-state index in [0.29, 0.717) is 12.3 Å². The lowest BCUT2D eigenvalue weighted by molar-refractivity contribution is 0.0876. The summed E-state index contributed by atoms with van der Waals surface area (Å²) < 4.78 is 5.71. The van der Waals surface area contributed by atoms with Gasteiger partial charge >= 0.3 is 0 Å². The minimum Gasteiger partial charge on any atom is -0.451 e. The van der Waals surface area contributed by atoms with Gasteiger partial charge in [0.2, 0.25) is 0 Å². The van der Waals surface area contributed by atoms with E-state index in [9.17, 15) is 4.79 Å². The molecule has 1 aliphatic carbocycles. The van der Waals surface area contributed by atoms with Crippen LogP contribution in [-0.4, -0.2) is 18.0 Å². The minimum absolute atomic E-state index is 0.147. The molecule has 0 saturated heterocycles. The highest BCUT2D eigenvalue weighted by atomic mass is 16.3. The summed E-state index contributed by atoms with van der Waals surface area (Å²) in [5.74, 6) is 0.261. The van der Waals surface area contributed by atoms with Crippen molar-refractivity contribution in [2.24, 2.45) is 5.73 Å². The van der Waals surface area contributed by atoms with Gasteiger partial charge in [-0.25, -0.2) is 0 Å². The van der Waals surface area contributed by atoms with E-state index in [4.69, 9.17) is 10.2 Å². The first kappa shape index (κ1) is 13.2. The Morgan fingerprint density at radius 1 is 1.35 bits per heavy atom. The van der Waals surface area contributed by atoms with Crippen molar-refractivity contribution in [3.63, 3.8) is 0 Å². The number of aryl methyl sites for hydroxylation is 1. The number of amides is 1. The molecule has 4 nitrogen and oxygen atoms in total. The lowest BCUT2D eigenvalue weighted by atomic mass is 9.97. The zero-order chi connectivity index (χ0) is 14.2. The Hall–Kier alpha value is -1.81. The number of hydrogen-bond donors (Lipinski definition) is 2. The molecular formula is C16H20N2O2. The molecule has 1 aliphatic rings. The van der Waals surface area contributed by atoms with Crippen molar-refractivity contribution >= 4 is 16.9 Å². The van der Waals surface area contributed by atoms with E-state index in [1.807, 2.05) is 31.2 Å². The average Bonchev–Trinajstić information content (AvgIpc) is 3.05. The maximum Gasteiger partial charge on any atom is 0.287 e. The Bertz CT molecular complexity index is 639. The summed E-state index contributed by atoms with van der Waals surface area (Å²) in [6, 6.07) is 7.71. The van der Waals surface area contributed by atoms with Crippen LogP contribution in [0.4, 0.5) is 0 Å². The summed E-state index contributed by atoms with van der Waals surface area (Å²) in [6.45, 7) is 2.41.